The molecule has 4 nitrogen and oxygen atoms in total. The predicted octanol–water partition coefficient (Wildman–Crippen LogP) is 2.72. The molecule has 18 heavy (non-hydrogen) atoms. The minimum Gasteiger partial charge on any atom is -0.497 e. The molecule has 1 saturated carbocycles. The van der Waals surface area contributed by atoms with Crippen molar-refractivity contribution in [3.05, 3.63) is 24.3 Å². The van der Waals surface area contributed by atoms with Crippen molar-refractivity contribution in [2.45, 2.75) is 31.8 Å². The first kappa shape index (κ1) is 12.7. The average Bonchev–Trinajstić information content (AvgIpc) is 2.77. The number of aliphatic carboxylic acids is 1. The summed E-state index contributed by atoms with van der Waals surface area (Å²) >= 11 is 0. The van der Waals surface area contributed by atoms with Crippen LogP contribution in [-0.2, 0) is 4.79 Å². The number of methoxy groups -OCH3 is 1. The van der Waals surface area contributed by atoms with E-state index in [2.05, 4.69) is 0 Å². The van der Waals surface area contributed by atoms with Crippen molar-refractivity contribution in [1.82, 2.24) is 0 Å². The second kappa shape index (κ2) is 5.76. The molecule has 0 heterocycles. The molecule has 1 N–H and O–H groups in total. The second-order valence-electron chi connectivity index (χ2n) is 4.62. The highest BCUT2D eigenvalue weighted by molar-refractivity contribution is 5.67. The minimum absolute atomic E-state index is 0.0227. The highest BCUT2D eigenvalue weighted by atomic mass is 16.5. The van der Waals surface area contributed by atoms with E-state index in [1.165, 1.54) is 0 Å². The molecule has 0 aromatic heterocycles. The van der Waals surface area contributed by atoms with Crippen LogP contribution in [-0.4, -0.2) is 24.3 Å². The summed E-state index contributed by atoms with van der Waals surface area (Å²) in [4.78, 5) is 10.8. The van der Waals surface area contributed by atoms with Gasteiger partial charge in [-0.25, -0.2) is 0 Å². The molecular weight excluding hydrogens is 232 g/mol. The van der Waals surface area contributed by atoms with E-state index >= 15 is 0 Å². The van der Waals surface area contributed by atoms with Gasteiger partial charge in [-0.3, -0.25) is 4.79 Å². The quantitative estimate of drug-likeness (QED) is 0.873. The van der Waals surface area contributed by atoms with Gasteiger partial charge in [-0.2, -0.15) is 0 Å². The lowest BCUT2D eigenvalue weighted by atomic mass is 10.0. The largest absolute Gasteiger partial charge is 0.497 e. The van der Waals surface area contributed by atoms with Crippen LogP contribution < -0.4 is 9.47 Å². The smallest absolute Gasteiger partial charge is 0.303 e. The summed E-state index contributed by atoms with van der Waals surface area (Å²) in [7, 11) is 1.62. The van der Waals surface area contributed by atoms with E-state index in [1.807, 2.05) is 24.3 Å². The Kier molecular flexibility index (Phi) is 4.07. The topological polar surface area (TPSA) is 55.8 Å². The van der Waals surface area contributed by atoms with Crippen LogP contribution in [0.1, 0.15) is 25.7 Å². The summed E-state index contributed by atoms with van der Waals surface area (Å²) in [6, 6.07) is 7.40. The zero-order valence-corrected chi connectivity index (χ0v) is 10.5. The molecule has 0 spiro atoms. The van der Waals surface area contributed by atoms with E-state index in [1.54, 1.807) is 7.11 Å². The summed E-state index contributed by atoms with van der Waals surface area (Å²) in [5, 5.41) is 8.85. The van der Waals surface area contributed by atoms with Gasteiger partial charge in [0.25, 0.3) is 0 Å². The van der Waals surface area contributed by atoms with Crippen LogP contribution in [0.25, 0.3) is 0 Å². The number of ether oxygens (including phenoxy) is 2. The molecule has 2 rings (SSSR count). The number of hydrogen-bond acceptors (Lipinski definition) is 3. The third-order valence-corrected chi connectivity index (χ3v) is 3.37. The summed E-state index contributed by atoms with van der Waals surface area (Å²) in [5.41, 5.74) is 0. The maximum atomic E-state index is 10.8. The zero-order valence-electron chi connectivity index (χ0n) is 10.5. The van der Waals surface area contributed by atoms with Crippen LogP contribution in [0.5, 0.6) is 11.5 Å². The van der Waals surface area contributed by atoms with Gasteiger partial charge in [0.2, 0.25) is 0 Å². The molecule has 1 aromatic rings. The molecule has 0 amide bonds. The number of carboxylic acids is 1. The highest BCUT2D eigenvalue weighted by Gasteiger charge is 2.30. The first-order valence-corrected chi connectivity index (χ1v) is 6.21. The maximum Gasteiger partial charge on any atom is 0.303 e. The normalized spacial score (nSPS) is 22.7. The number of hydrogen-bond donors (Lipinski definition) is 1. The number of carbonyl (C=O) groups is 1. The van der Waals surface area contributed by atoms with Gasteiger partial charge in [0.05, 0.1) is 13.5 Å². The Labute approximate surface area is 107 Å². The van der Waals surface area contributed by atoms with E-state index < -0.39 is 5.97 Å². The summed E-state index contributed by atoms with van der Waals surface area (Å²) in [5.74, 6) is 0.948. The average molecular weight is 250 g/mol. The standard InChI is InChI=1S/C14H18O4/c1-17-11-5-7-12(8-6-11)18-13-4-2-3-10(13)9-14(15)16/h5-8,10,13H,2-4,9H2,1H3,(H,15,16). The molecule has 0 radical (unpaired) electrons. The van der Waals surface area contributed by atoms with Gasteiger partial charge in [-0.15, -0.1) is 0 Å². The van der Waals surface area contributed by atoms with Gasteiger partial charge >= 0.3 is 5.97 Å². The van der Waals surface area contributed by atoms with Crippen LogP contribution >= 0.6 is 0 Å². The van der Waals surface area contributed by atoms with E-state index in [9.17, 15) is 4.79 Å². The van der Waals surface area contributed by atoms with E-state index in [4.69, 9.17) is 14.6 Å². The predicted molar refractivity (Wildman–Crippen MR) is 67.0 cm³/mol. The van der Waals surface area contributed by atoms with Gasteiger partial charge in [0.1, 0.15) is 17.6 Å². The Bertz CT molecular complexity index is 399. The monoisotopic (exact) mass is 250 g/mol. The number of benzene rings is 1. The summed E-state index contributed by atoms with van der Waals surface area (Å²) in [6.45, 7) is 0. The summed E-state index contributed by atoms with van der Waals surface area (Å²) in [6.07, 6.45) is 3.13. The van der Waals surface area contributed by atoms with Crippen molar-refractivity contribution < 1.29 is 19.4 Å². The molecule has 0 bridgehead atoms. The Morgan fingerprint density at radius 1 is 1.28 bits per heavy atom. The third kappa shape index (κ3) is 3.15. The fraction of sp³-hybridized carbons (Fsp3) is 0.500. The van der Waals surface area contributed by atoms with Crippen molar-refractivity contribution in [2.75, 3.05) is 7.11 Å². The molecule has 1 aromatic carbocycles. The van der Waals surface area contributed by atoms with Crippen LogP contribution in [0, 0.1) is 5.92 Å². The van der Waals surface area contributed by atoms with Gasteiger partial charge in [0, 0.05) is 5.92 Å². The van der Waals surface area contributed by atoms with E-state index in [0.29, 0.717) is 0 Å². The van der Waals surface area contributed by atoms with Crippen molar-refractivity contribution in [1.29, 1.82) is 0 Å². The van der Waals surface area contributed by atoms with Crippen LogP contribution in [0.3, 0.4) is 0 Å². The molecule has 2 unspecified atom stereocenters. The number of rotatable bonds is 5. The van der Waals surface area contributed by atoms with Crippen molar-refractivity contribution in [2.24, 2.45) is 5.92 Å². The molecule has 1 fully saturated rings. The van der Waals surface area contributed by atoms with Crippen LogP contribution in [0.4, 0.5) is 0 Å². The van der Waals surface area contributed by atoms with Crippen LogP contribution in [0.2, 0.25) is 0 Å². The number of carboxylic acid groups (broad SMARTS) is 1. The van der Waals surface area contributed by atoms with Gasteiger partial charge in [0.15, 0.2) is 0 Å². The maximum absolute atomic E-state index is 10.8. The molecule has 0 saturated heterocycles. The molecule has 98 valence electrons. The summed E-state index contributed by atoms with van der Waals surface area (Å²) < 4.78 is 10.9. The third-order valence-electron chi connectivity index (χ3n) is 3.37. The Morgan fingerprint density at radius 2 is 1.94 bits per heavy atom. The minimum atomic E-state index is -0.745. The lowest BCUT2D eigenvalue weighted by molar-refractivity contribution is -0.138. The molecule has 1 aliphatic rings. The lowest BCUT2D eigenvalue weighted by Gasteiger charge is -2.20. The van der Waals surface area contributed by atoms with E-state index in [-0.39, 0.29) is 18.4 Å². The first-order valence-electron chi connectivity index (χ1n) is 6.21. The highest BCUT2D eigenvalue weighted by Crippen LogP contribution is 2.32. The van der Waals surface area contributed by atoms with Crippen molar-refractivity contribution >= 4 is 5.97 Å². The van der Waals surface area contributed by atoms with Gasteiger partial charge < -0.3 is 14.6 Å². The van der Waals surface area contributed by atoms with Crippen LogP contribution in [0.15, 0.2) is 24.3 Å². The molecule has 2 atom stereocenters. The van der Waals surface area contributed by atoms with Crippen molar-refractivity contribution in [3.63, 3.8) is 0 Å². The molecule has 1 aliphatic carbocycles. The van der Waals surface area contributed by atoms with Gasteiger partial charge in [-0.1, -0.05) is 0 Å². The Morgan fingerprint density at radius 3 is 2.56 bits per heavy atom. The Balaban J connectivity index is 1.96. The fourth-order valence-corrected chi connectivity index (χ4v) is 2.44. The second-order valence-corrected chi connectivity index (χ2v) is 4.62. The van der Waals surface area contributed by atoms with Gasteiger partial charge in [-0.05, 0) is 43.5 Å². The lowest BCUT2D eigenvalue weighted by Crippen LogP contribution is -2.23. The molecule has 4 heteroatoms. The van der Waals surface area contributed by atoms with E-state index in [0.717, 1.165) is 30.8 Å². The van der Waals surface area contributed by atoms with Crippen molar-refractivity contribution in [3.8, 4) is 11.5 Å². The molecule has 0 aliphatic heterocycles. The molecular formula is C14H18O4. The first-order chi connectivity index (χ1) is 8.69. The Hall–Kier alpha value is -1.71. The fourth-order valence-electron chi connectivity index (χ4n) is 2.44. The SMILES string of the molecule is COc1ccc(OC2CCCC2CC(=O)O)cc1. The zero-order chi connectivity index (χ0) is 13.0.